The van der Waals surface area contributed by atoms with E-state index in [1.807, 2.05) is 35.0 Å². The summed E-state index contributed by atoms with van der Waals surface area (Å²) in [5.41, 5.74) is 2.57. The number of anilines is 1. The molecular weight excluding hydrogens is 316 g/mol. The summed E-state index contributed by atoms with van der Waals surface area (Å²) in [6.07, 6.45) is 10.9. The molecule has 1 aromatic carbocycles. The Balaban J connectivity index is 1.37. The van der Waals surface area contributed by atoms with E-state index in [0.29, 0.717) is 18.2 Å². The highest BCUT2D eigenvalue weighted by Crippen LogP contribution is 2.37. The van der Waals surface area contributed by atoms with E-state index in [2.05, 4.69) is 25.6 Å². The first-order chi connectivity index (χ1) is 12.3. The molecule has 4 rings (SSSR count). The smallest absolute Gasteiger partial charge is 0.319 e. The Morgan fingerprint density at radius 3 is 2.72 bits per heavy atom. The molecule has 1 fully saturated rings. The molecule has 2 aromatic heterocycles. The monoisotopic (exact) mass is 334 g/mol. The van der Waals surface area contributed by atoms with Gasteiger partial charge in [-0.05, 0) is 24.5 Å². The molecule has 1 saturated carbocycles. The molecule has 0 saturated heterocycles. The summed E-state index contributed by atoms with van der Waals surface area (Å²) >= 11 is 0. The second-order valence-electron chi connectivity index (χ2n) is 6.01. The maximum Gasteiger partial charge on any atom is 0.319 e. The van der Waals surface area contributed by atoms with Crippen molar-refractivity contribution in [3.63, 3.8) is 0 Å². The van der Waals surface area contributed by atoms with E-state index < -0.39 is 0 Å². The van der Waals surface area contributed by atoms with Crippen molar-refractivity contribution in [2.75, 3.05) is 5.32 Å². The quantitative estimate of drug-likeness (QED) is 0.751. The minimum atomic E-state index is -0.289. The van der Waals surface area contributed by atoms with E-state index in [1.165, 1.54) is 0 Å². The van der Waals surface area contributed by atoms with E-state index >= 15 is 0 Å². The average Bonchev–Trinajstić information content (AvgIpc) is 3.35. The normalized spacial score (nSPS) is 13.4. The summed E-state index contributed by atoms with van der Waals surface area (Å²) in [4.78, 5) is 24.8. The summed E-state index contributed by atoms with van der Waals surface area (Å²) in [5, 5.41) is 5.62. The van der Waals surface area contributed by atoms with Gasteiger partial charge >= 0.3 is 6.03 Å². The third-order valence-electron chi connectivity index (χ3n) is 4.09. The Hall–Kier alpha value is -3.22. The number of nitrogens with one attached hydrogen (secondary N) is 2. The second kappa shape index (κ2) is 6.72. The number of carbonyl (C=O) groups excluding carboxylic acids is 1. The fraction of sp³-hybridized carbons (Fsp3) is 0.222. The molecule has 0 bridgehead atoms. The lowest BCUT2D eigenvalue weighted by Gasteiger charge is -2.12. The Bertz CT molecular complexity index is 856. The van der Waals surface area contributed by atoms with Crippen molar-refractivity contribution >= 4 is 11.7 Å². The lowest BCUT2D eigenvalue weighted by Crippen LogP contribution is -2.28. The number of imidazole rings is 1. The van der Waals surface area contributed by atoms with Crippen molar-refractivity contribution in [2.24, 2.45) is 0 Å². The molecule has 25 heavy (non-hydrogen) atoms. The Morgan fingerprint density at radius 1 is 1.20 bits per heavy atom. The molecule has 1 aliphatic carbocycles. The summed E-state index contributed by atoms with van der Waals surface area (Å²) in [5.74, 6) is 1.36. The third-order valence-corrected chi connectivity index (χ3v) is 4.09. The first kappa shape index (κ1) is 15.3. The SMILES string of the molecule is O=C(NCc1ccccc1-n1ccnc1)Nc1cnc(C2CC2)nc1. The molecule has 2 N–H and O–H groups in total. The standard InChI is InChI=1S/C18H18N6O/c25-18(23-15-10-20-17(21-11-15)13-5-6-13)22-9-14-3-1-2-4-16(14)24-8-7-19-12-24/h1-4,7-8,10-13H,5-6,9H2,(H2,22,23,25). The number of urea groups is 1. The maximum atomic E-state index is 12.1. The van der Waals surface area contributed by atoms with E-state index in [4.69, 9.17) is 0 Å². The molecule has 0 unspecified atom stereocenters. The average molecular weight is 334 g/mol. The number of hydrogen-bond acceptors (Lipinski definition) is 4. The molecule has 0 aliphatic heterocycles. The molecule has 0 spiro atoms. The zero-order valence-electron chi connectivity index (χ0n) is 13.6. The van der Waals surface area contributed by atoms with Crippen LogP contribution in [0.4, 0.5) is 10.5 Å². The minimum absolute atomic E-state index is 0.289. The first-order valence-electron chi connectivity index (χ1n) is 8.22. The van der Waals surface area contributed by atoms with Crippen LogP contribution in [0, 0.1) is 0 Å². The predicted molar refractivity (Wildman–Crippen MR) is 93.4 cm³/mol. The van der Waals surface area contributed by atoms with Gasteiger partial charge < -0.3 is 15.2 Å². The van der Waals surface area contributed by atoms with E-state index in [0.717, 1.165) is 29.9 Å². The summed E-state index contributed by atoms with van der Waals surface area (Å²) in [6, 6.07) is 7.57. The summed E-state index contributed by atoms with van der Waals surface area (Å²) < 4.78 is 1.92. The van der Waals surface area contributed by atoms with Gasteiger partial charge in [-0.15, -0.1) is 0 Å². The van der Waals surface area contributed by atoms with Gasteiger partial charge in [0.2, 0.25) is 0 Å². The van der Waals surface area contributed by atoms with Crippen LogP contribution >= 0.6 is 0 Å². The van der Waals surface area contributed by atoms with Crippen LogP contribution in [0.25, 0.3) is 5.69 Å². The van der Waals surface area contributed by atoms with Crippen molar-refractivity contribution in [2.45, 2.75) is 25.3 Å². The molecule has 1 aliphatic rings. The van der Waals surface area contributed by atoms with Gasteiger partial charge in [0.25, 0.3) is 0 Å². The zero-order valence-corrected chi connectivity index (χ0v) is 13.6. The second-order valence-corrected chi connectivity index (χ2v) is 6.01. The van der Waals surface area contributed by atoms with Crippen LogP contribution in [0.1, 0.15) is 30.1 Å². The van der Waals surface area contributed by atoms with Crippen LogP contribution in [0.5, 0.6) is 0 Å². The molecular formula is C18H18N6O. The van der Waals surface area contributed by atoms with Gasteiger partial charge in [-0.3, -0.25) is 0 Å². The van der Waals surface area contributed by atoms with Gasteiger partial charge in [-0.25, -0.2) is 19.7 Å². The zero-order chi connectivity index (χ0) is 17.1. The van der Waals surface area contributed by atoms with Gasteiger partial charge in [0.15, 0.2) is 0 Å². The van der Waals surface area contributed by atoms with Crippen molar-refractivity contribution in [1.29, 1.82) is 0 Å². The summed E-state index contributed by atoms with van der Waals surface area (Å²) in [7, 11) is 0. The highest BCUT2D eigenvalue weighted by molar-refractivity contribution is 5.88. The van der Waals surface area contributed by atoms with Crippen LogP contribution in [0.2, 0.25) is 0 Å². The van der Waals surface area contributed by atoms with Gasteiger partial charge in [0, 0.05) is 24.9 Å². The highest BCUT2D eigenvalue weighted by Gasteiger charge is 2.26. The van der Waals surface area contributed by atoms with Crippen LogP contribution in [-0.2, 0) is 6.54 Å². The third kappa shape index (κ3) is 3.65. The van der Waals surface area contributed by atoms with E-state index in [9.17, 15) is 4.79 Å². The number of amides is 2. The number of hydrogen-bond donors (Lipinski definition) is 2. The van der Waals surface area contributed by atoms with Crippen LogP contribution < -0.4 is 10.6 Å². The first-order valence-corrected chi connectivity index (χ1v) is 8.22. The molecule has 7 heteroatoms. The number of aromatic nitrogens is 4. The molecule has 7 nitrogen and oxygen atoms in total. The molecule has 0 atom stereocenters. The number of carbonyl (C=O) groups is 1. The Labute approximate surface area is 145 Å². The van der Waals surface area contributed by atoms with Crippen LogP contribution in [0.15, 0.2) is 55.4 Å². The lowest BCUT2D eigenvalue weighted by molar-refractivity contribution is 0.251. The number of rotatable bonds is 5. The van der Waals surface area contributed by atoms with E-state index in [1.54, 1.807) is 24.9 Å². The molecule has 3 aromatic rings. The summed E-state index contributed by atoms with van der Waals surface area (Å²) in [6.45, 7) is 0.404. The fourth-order valence-electron chi connectivity index (χ4n) is 2.62. The maximum absolute atomic E-state index is 12.1. The number of nitrogens with zero attached hydrogens (tertiary/aromatic N) is 4. The minimum Gasteiger partial charge on any atom is -0.334 e. The lowest BCUT2D eigenvalue weighted by atomic mass is 10.1. The highest BCUT2D eigenvalue weighted by atomic mass is 16.2. The Morgan fingerprint density at radius 2 is 2.00 bits per heavy atom. The predicted octanol–water partition coefficient (Wildman–Crippen LogP) is 2.86. The van der Waals surface area contributed by atoms with Crippen molar-refractivity contribution < 1.29 is 4.79 Å². The number of para-hydroxylation sites is 1. The van der Waals surface area contributed by atoms with Crippen molar-refractivity contribution in [3.8, 4) is 5.69 Å². The van der Waals surface area contributed by atoms with Crippen molar-refractivity contribution in [3.05, 3.63) is 66.8 Å². The van der Waals surface area contributed by atoms with Crippen LogP contribution in [0.3, 0.4) is 0 Å². The van der Waals surface area contributed by atoms with Gasteiger partial charge in [-0.2, -0.15) is 0 Å². The molecule has 126 valence electrons. The topological polar surface area (TPSA) is 84.7 Å². The molecule has 2 heterocycles. The van der Waals surface area contributed by atoms with Gasteiger partial charge in [0.05, 0.1) is 30.1 Å². The number of benzene rings is 1. The Kier molecular flexibility index (Phi) is 4.12. The van der Waals surface area contributed by atoms with Crippen molar-refractivity contribution in [1.82, 2.24) is 24.8 Å². The van der Waals surface area contributed by atoms with Gasteiger partial charge in [-0.1, -0.05) is 18.2 Å². The molecule has 0 radical (unpaired) electrons. The largest absolute Gasteiger partial charge is 0.334 e. The molecule has 2 amide bonds. The van der Waals surface area contributed by atoms with Crippen LogP contribution in [-0.4, -0.2) is 25.6 Å². The fourth-order valence-corrected chi connectivity index (χ4v) is 2.62. The van der Waals surface area contributed by atoms with E-state index in [-0.39, 0.29) is 6.03 Å². The van der Waals surface area contributed by atoms with Gasteiger partial charge in [0.1, 0.15) is 5.82 Å².